The number of anilines is 6. The molecule has 8 aromatic carbocycles. The molecule has 1 aliphatic rings. The number of hydrogen-bond donors (Lipinski definition) is 0. The minimum absolute atomic E-state index is 0.0286. The molecule has 272 valence electrons. The van der Waals surface area contributed by atoms with Gasteiger partial charge in [0, 0.05) is 39.5 Å². The summed E-state index contributed by atoms with van der Waals surface area (Å²) < 4.78 is 0. The van der Waals surface area contributed by atoms with Crippen LogP contribution in [0.2, 0.25) is 0 Å². The second-order valence-corrected chi connectivity index (χ2v) is 14.9. The minimum atomic E-state index is -0.0286. The minimum Gasteiger partial charge on any atom is -0.311 e. The first-order valence-electron chi connectivity index (χ1n) is 20.0. The first kappa shape index (κ1) is 35.1. The molecule has 8 aromatic rings. The van der Waals surface area contributed by atoms with Crippen LogP contribution in [-0.2, 0) is 5.41 Å². The molecule has 2 heteroatoms. The van der Waals surface area contributed by atoms with Gasteiger partial charge in [0.15, 0.2) is 0 Å². The summed E-state index contributed by atoms with van der Waals surface area (Å²) in [6.45, 7) is 0. The van der Waals surface area contributed by atoms with Crippen LogP contribution < -0.4 is 9.80 Å². The Labute approximate surface area is 332 Å². The molecule has 0 amide bonds. The first-order valence-corrected chi connectivity index (χ1v) is 20.0. The molecule has 2 nitrogen and oxygen atoms in total. The van der Waals surface area contributed by atoms with Gasteiger partial charge in [0.25, 0.3) is 0 Å². The topological polar surface area (TPSA) is 6.48 Å². The molecule has 0 aromatic heterocycles. The van der Waals surface area contributed by atoms with Crippen molar-refractivity contribution in [3.8, 4) is 22.3 Å². The lowest BCUT2D eigenvalue weighted by molar-refractivity contribution is 0.346. The molecule has 9 rings (SSSR count). The Kier molecular flexibility index (Phi) is 10.0. The van der Waals surface area contributed by atoms with Gasteiger partial charge in [0.1, 0.15) is 0 Å². The van der Waals surface area contributed by atoms with Crippen molar-refractivity contribution in [2.75, 3.05) is 9.80 Å². The van der Waals surface area contributed by atoms with Crippen molar-refractivity contribution in [2.45, 2.75) is 37.5 Å². The van der Waals surface area contributed by atoms with E-state index in [2.05, 4.69) is 228 Å². The molecule has 0 heterocycles. The van der Waals surface area contributed by atoms with Crippen molar-refractivity contribution in [1.82, 2.24) is 0 Å². The summed E-state index contributed by atoms with van der Waals surface area (Å²) in [6, 6.07) is 79.4. The molecule has 0 N–H and O–H groups in total. The van der Waals surface area contributed by atoms with Gasteiger partial charge in [-0.25, -0.2) is 0 Å². The third kappa shape index (κ3) is 7.14. The fourth-order valence-electron chi connectivity index (χ4n) is 8.67. The Morgan fingerprint density at radius 1 is 0.250 bits per heavy atom. The molecule has 1 fully saturated rings. The van der Waals surface area contributed by atoms with E-state index in [4.69, 9.17) is 0 Å². The van der Waals surface area contributed by atoms with E-state index in [0.717, 1.165) is 47.0 Å². The maximum Gasteiger partial charge on any atom is 0.0462 e. The maximum absolute atomic E-state index is 2.40. The van der Waals surface area contributed by atoms with Crippen LogP contribution in [-0.4, -0.2) is 0 Å². The zero-order valence-electron chi connectivity index (χ0n) is 31.7. The van der Waals surface area contributed by atoms with Gasteiger partial charge in [0.2, 0.25) is 0 Å². The van der Waals surface area contributed by atoms with E-state index < -0.39 is 0 Å². The van der Waals surface area contributed by atoms with Crippen LogP contribution in [0.15, 0.2) is 218 Å². The molecular formula is C54H46N2. The second-order valence-electron chi connectivity index (χ2n) is 14.9. The monoisotopic (exact) mass is 722 g/mol. The fourth-order valence-corrected chi connectivity index (χ4v) is 8.67. The Balaban J connectivity index is 1.04. The van der Waals surface area contributed by atoms with E-state index in [-0.39, 0.29) is 5.41 Å². The normalized spacial score (nSPS) is 13.5. The van der Waals surface area contributed by atoms with E-state index >= 15 is 0 Å². The number of hydrogen-bond acceptors (Lipinski definition) is 2. The van der Waals surface area contributed by atoms with Crippen LogP contribution in [0.1, 0.15) is 43.2 Å². The summed E-state index contributed by atoms with van der Waals surface area (Å²) in [7, 11) is 0. The molecule has 0 spiro atoms. The van der Waals surface area contributed by atoms with Gasteiger partial charge in [-0.1, -0.05) is 165 Å². The van der Waals surface area contributed by atoms with Crippen LogP contribution in [0.3, 0.4) is 0 Å². The third-order valence-electron chi connectivity index (χ3n) is 11.6. The fraction of sp³-hybridized carbons (Fsp3) is 0.111. The molecule has 0 unspecified atom stereocenters. The van der Waals surface area contributed by atoms with Crippen molar-refractivity contribution >= 4 is 34.1 Å². The SMILES string of the molecule is c1ccc(-c2ccc(N(c3ccccc3)c3ccc(C4(c5ccc(N(c6ccccc6)c6ccc(-c7ccccc7)cc6)cc5)CCCCC4)cc3)cc2)cc1. The van der Waals surface area contributed by atoms with Crippen LogP contribution in [0, 0.1) is 0 Å². The molecule has 56 heavy (non-hydrogen) atoms. The molecule has 0 aliphatic heterocycles. The van der Waals surface area contributed by atoms with Gasteiger partial charge in [-0.05, 0) is 119 Å². The van der Waals surface area contributed by atoms with Crippen LogP contribution in [0.4, 0.5) is 34.1 Å². The van der Waals surface area contributed by atoms with Crippen LogP contribution >= 0.6 is 0 Å². The number of nitrogens with zero attached hydrogens (tertiary/aromatic N) is 2. The second kappa shape index (κ2) is 16.0. The van der Waals surface area contributed by atoms with Gasteiger partial charge in [-0.15, -0.1) is 0 Å². The Morgan fingerprint density at radius 3 is 0.857 bits per heavy atom. The Hall–Kier alpha value is -6.64. The molecule has 0 radical (unpaired) electrons. The first-order chi connectivity index (χ1) is 27.7. The summed E-state index contributed by atoms with van der Waals surface area (Å²) in [6.07, 6.45) is 6.06. The molecule has 0 bridgehead atoms. The van der Waals surface area contributed by atoms with E-state index in [1.165, 1.54) is 52.6 Å². The lowest BCUT2D eigenvalue weighted by Gasteiger charge is -2.39. The maximum atomic E-state index is 2.40. The zero-order chi connectivity index (χ0) is 37.6. The van der Waals surface area contributed by atoms with Crippen molar-refractivity contribution in [2.24, 2.45) is 0 Å². The highest BCUT2D eigenvalue weighted by molar-refractivity contribution is 5.80. The van der Waals surface area contributed by atoms with E-state index in [0.29, 0.717) is 0 Å². The van der Waals surface area contributed by atoms with E-state index in [9.17, 15) is 0 Å². The van der Waals surface area contributed by atoms with Crippen LogP contribution in [0.5, 0.6) is 0 Å². The molecule has 1 aliphatic carbocycles. The average Bonchev–Trinajstić information content (AvgIpc) is 3.29. The summed E-state index contributed by atoms with van der Waals surface area (Å²) >= 11 is 0. The zero-order valence-corrected chi connectivity index (χ0v) is 31.7. The predicted molar refractivity (Wildman–Crippen MR) is 237 cm³/mol. The Morgan fingerprint density at radius 2 is 0.518 bits per heavy atom. The van der Waals surface area contributed by atoms with Gasteiger partial charge in [0.05, 0.1) is 0 Å². The van der Waals surface area contributed by atoms with Gasteiger partial charge < -0.3 is 9.80 Å². The summed E-state index contributed by atoms with van der Waals surface area (Å²) in [5, 5.41) is 0. The van der Waals surface area contributed by atoms with Crippen molar-refractivity contribution in [3.63, 3.8) is 0 Å². The summed E-state index contributed by atoms with van der Waals surface area (Å²) in [5.74, 6) is 0. The van der Waals surface area contributed by atoms with Gasteiger partial charge in [-0.3, -0.25) is 0 Å². The molecule has 0 saturated heterocycles. The number of para-hydroxylation sites is 2. The standard InChI is InChI=1S/C54H46N2/c1-6-16-42(17-7-1)44-24-32-50(33-25-44)55(48-20-10-3-11-21-48)52-36-28-46(29-37-52)54(40-14-5-15-41-54)47-30-38-53(39-31-47)56(49-22-12-4-13-23-49)51-34-26-45(27-35-51)43-18-8-2-9-19-43/h1-4,6-13,16-39H,5,14-15,40-41H2. The highest BCUT2D eigenvalue weighted by Crippen LogP contribution is 2.47. The lowest BCUT2D eigenvalue weighted by Crippen LogP contribution is -2.30. The molecule has 0 atom stereocenters. The van der Waals surface area contributed by atoms with Crippen molar-refractivity contribution in [3.05, 3.63) is 230 Å². The summed E-state index contributed by atoms with van der Waals surface area (Å²) in [5.41, 5.74) is 14.6. The molecular weight excluding hydrogens is 677 g/mol. The summed E-state index contributed by atoms with van der Waals surface area (Å²) in [4.78, 5) is 4.73. The number of benzene rings is 8. The van der Waals surface area contributed by atoms with Gasteiger partial charge >= 0.3 is 0 Å². The van der Waals surface area contributed by atoms with E-state index in [1.807, 2.05) is 0 Å². The smallest absolute Gasteiger partial charge is 0.0462 e. The van der Waals surface area contributed by atoms with E-state index in [1.54, 1.807) is 0 Å². The lowest BCUT2D eigenvalue weighted by atomic mass is 9.65. The third-order valence-corrected chi connectivity index (χ3v) is 11.6. The largest absolute Gasteiger partial charge is 0.311 e. The average molecular weight is 723 g/mol. The van der Waals surface area contributed by atoms with Crippen LogP contribution in [0.25, 0.3) is 22.3 Å². The number of rotatable bonds is 10. The Bertz CT molecular complexity index is 2260. The highest BCUT2D eigenvalue weighted by Gasteiger charge is 2.36. The van der Waals surface area contributed by atoms with Crippen molar-refractivity contribution < 1.29 is 0 Å². The quantitative estimate of drug-likeness (QED) is 0.139. The van der Waals surface area contributed by atoms with Gasteiger partial charge in [-0.2, -0.15) is 0 Å². The highest BCUT2D eigenvalue weighted by atomic mass is 15.1. The molecule has 1 saturated carbocycles. The van der Waals surface area contributed by atoms with Crippen molar-refractivity contribution in [1.29, 1.82) is 0 Å². The predicted octanol–water partition coefficient (Wildman–Crippen LogP) is 15.2.